The standard InChI is InChI=1S/C26H28FN5O6S/c1-15-21-23(34)32(18-7-9-28-22(18)33)26(35)30(25(21)39-24(15)31-10-4-8-29-31)14-20(38-12-11-36-2)17-13-16(27)5-6-19(17)37-3/h4-6,8,10,13,18,20H,7,9,11-12,14H2,1-3H3,(H,28,33)/t18-,20+/m1/s1. The van der Waals surface area contributed by atoms with Gasteiger partial charge in [-0.05, 0) is 37.6 Å². The molecule has 11 nitrogen and oxygen atoms in total. The number of ether oxygens (including phenoxy) is 3. The molecule has 0 saturated carbocycles. The minimum Gasteiger partial charge on any atom is -0.496 e. The first-order valence-electron chi connectivity index (χ1n) is 12.4. The molecule has 5 rings (SSSR count). The zero-order valence-electron chi connectivity index (χ0n) is 21.7. The van der Waals surface area contributed by atoms with Crippen molar-refractivity contribution in [3.05, 3.63) is 74.4 Å². The van der Waals surface area contributed by atoms with E-state index < -0.39 is 29.2 Å². The van der Waals surface area contributed by atoms with Crippen LogP contribution in [0.25, 0.3) is 15.2 Å². The molecule has 13 heteroatoms. The summed E-state index contributed by atoms with van der Waals surface area (Å²) in [6, 6.07) is 4.88. The maximum absolute atomic E-state index is 14.4. The van der Waals surface area contributed by atoms with Crippen LogP contribution in [0.2, 0.25) is 0 Å². The molecule has 1 fully saturated rings. The second-order valence-electron chi connectivity index (χ2n) is 9.07. The lowest BCUT2D eigenvalue weighted by Gasteiger charge is -2.23. The monoisotopic (exact) mass is 557 g/mol. The van der Waals surface area contributed by atoms with Crippen LogP contribution < -0.4 is 21.3 Å². The normalized spacial score (nSPS) is 16.1. The highest BCUT2D eigenvalue weighted by atomic mass is 32.1. The van der Waals surface area contributed by atoms with Gasteiger partial charge in [0.2, 0.25) is 5.91 Å². The summed E-state index contributed by atoms with van der Waals surface area (Å²) in [6.45, 7) is 2.49. The Kier molecular flexibility index (Phi) is 7.64. The molecule has 1 aliphatic heterocycles. The van der Waals surface area contributed by atoms with Crippen LogP contribution in [-0.2, 0) is 20.8 Å². The summed E-state index contributed by atoms with van der Waals surface area (Å²) in [6.07, 6.45) is 2.83. The van der Waals surface area contributed by atoms with Crippen LogP contribution in [0.5, 0.6) is 5.75 Å². The van der Waals surface area contributed by atoms with Gasteiger partial charge in [-0.3, -0.25) is 14.2 Å². The number of amides is 1. The van der Waals surface area contributed by atoms with Crippen molar-refractivity contribution in [3.63, 3.8) is 0 Å². The summed E-state index contributed by atoms with van der Waals surface area (Å²) in [7, 11) is 2.99. The number of halogens is 1. The van der Waals surface area contributed by atoms with E-state index in [1.165, 1.54) is 48.3 Å². The maximum Gasteiger partial charge on any atom is 0.332 e. The van der Waals surface area contributed by atoms with Crippen LogP contribution in [-0.4, -0.2) is 58.8 Å². The van der Waals surface area contributed by atoms with Crippen LogP contribution in [0.1, 0.15) is 29.7 Å². The van der Waals surface area contributed by atoms with E-state index in [1.54, 1.807) is 30.1 Å². The van der Waals surface area contributed by atoms with Crippen molar-refractivity contribution in [1.29, 1.82) is 0 Å². The smallest absolute Gasteiger partial charge is 0.332 e. The summed E-state index contributed by atoms with van der Waals surface area (Å²) in [5.41, 5.74) is -0.172. The third-order valence-electron chi connectivity index (χ3n) is 6.76. The fourth-order valence-electron chi connectivity index (χ4n) is 4.86. The van der Waals surface area contributed by atoms with E-state index in [2.05, 4.69) is 10.4 Å². The van der Waals surface area contributed by atoms with Gasteiger partial charge >= 0.3 is 5.69 Å². The second kappa shape index (κ2) is 11.1. The van der Waals surface area contributed by atoms with Crippen molar-refractivity contribution in [3.8, 4) is 10.8 Å². The van der Waals surface area contributed by atoms with Gasteiger partial charge < -0.3 is 19.5 Å². The molecule has 0 radical (unpaired) electrons. The Balaban J connectivity index is 1.74. The van der Waals surface area contributed by atoms with Gasteiger partial charge in [0.25, 0.3) is 5.56 Å². The molecule has 0 spiro atoms. The first-order chi connectivity index (χ1) is 18.8. The number of hydrogen-bond donors (Lipinski definition) is 1. The molecule has 1 N–H and O–H groups in total. The predicted molar refractivity (Wildman–Crippen MR) is 142 cm³/mol. The first kappa shape index (κ1) is 26.8. The fraction of sp³-hybridized carbons (Fsp3) is 0.385. The molecule has 2 atom stereocenters. The maximum atomic E-state index is 14.4. The van der Waals surface area contributed by atoms with Crippen LogP contribution in [0.3, 0.4) is 0 Å². The molecule has 1 amide bonds. The quantitative estimate of drug-likeness (QED) is 0.297. The van der Waals surface area contributed by atoms with Gasteiger partial charge in [-0.1, -0.05) is 11.3 Å². The average molecular weight is 558 g/mol. The Hall–Kier alpha value is -3.81. The van der Waals surface area contributed by atoms with E-state index in [0.717, 1.165) is 4.57 Å². The van der Waals surface area contributed by atoms with Crippen molar-refractivity contribution in [2.75, 3.05) is 34.0 Å². The average Bonchev–Trinajstić information content (AvgIpc) is 3.67. The van der Waals surface area contributed by atoms with Crippen LogP contribution in [0, 0.1) is 12.7 Å². The highest BCUT2D eigenvalue weighted by Crippen LogP contribution is 2.34. The SMILES string of the molecule is COCCO[C@@H](Cn1c(=O)n([C@@H]2CCNC2=O)c(=O)c2c(C)c(-n3cccn3)sc21)c1cc(F)ccc1OC. The van der Waals surface area contributed by atoms with Gasteiger partial charge in [0.15, 0.2) is 0 Å². The van der Waals surface area contributed by atoms with E-state index in [1.807, 2.05) is 0 Å². The van der Waals surface area contributed by atoms with Gasteiger partial charge in [-0.25, -0.2) is 18.4 Å². The number of aromatic nitrogens is 4. The van der Waals surface area contributed by atoms with Crippen molar-refractivity contribution in [1.82, 2.24) is 24.2 Å². The molecule has 1 saturated heterocycles. The summed E-state index contributed by atoms with van der Waals surface area (Å²) < 4.78 is 35.1. The number of aryl methyl sites for hydroxylation is 1. The summed E-state index contributed by atoms with van der Waals surface area (Å²) in [4.78, 5) is 40.8. The lowest BCUT2D eigenvalue weighted by atomic mass is 10.1. The summed E-state index contributed by atoms with van der Waals surface area (Å²) in [5.74, 6) is -0.504. The number of nitrogens with one attached hydrogen (secondary N) is 1. The zero-order valence-corrected chi connectivity index (χ0v) is 22.5. The largest absolute Gasteiger partial charge is 0.496 e. The van der Waals surface area contributed by atoms with Crippen LogP contribution in [0.4, 0.5) is 4.39 Å². The van der Waals surface area contributed by atoms with E-state index in [0.29, 0.717) is 45.1 Å². The lowest BCUT2D eigenvalue weighted by Crippen LogP contribution is -2.44. The number of fused-ring (bicyclic) bond motifs is 1. The lowest BCUT2D eigenvalue weighted by molar-refractivity contribution is -0.122. The number of rotatable bonds is 10. The first-order valence-corrected chi connectivity index (χ1v) is 13.2. The predicted octanol–water partition coefficient (Wildman–Crippen LogP) is 2.33. The van der Waals surface area contributed by atoms with Gasteiger partial charge in [0, 0.05) is 37.2 Å². The Morgan fingerprint density at radius 2 is 2.05 bits per heavy atom. The third-order valence-corrected chi connectivity index (χ3v) is 8.06. The molecular formula is C26H28FN5O6S. The third kappa shape index (κ3) is 4.88. The van der Waals surface area contributed by atoms with Crippen molar-refractivity contribution in [2.24, 2.45) is 0 Å². The van der Waals surface area contributed by atoms with Crippen LogP contribution >= 0.6 is 11.3 Å². The molecule has 4 heterocycles. The zero-order chi connectivity index (χ0) is 27.7. The van der Waals surface area contributed by atoms with Gasteiger partial charge in [0.05, 0.1) is 32.3 Å². The highest BCUT2D eigenvalue weighted by Gasteiger charge is 2.32. The van der Waals surface area contributed by atoms with Gasteiger partial charge in [0.1, 0.15) is 33.5 Å². The minimum absolute atomic E-state index is 0.0774. The number of thiophene rings is 1. The molecule has 1 aliphatic rings. The Morgan fingerprint density at radius 1 is 1.23 bits per heavy atom. The number of carbonyl (C=O) groups is 1. The molecule has 0 bridgehead atoms. The molecule has 39 heavy (non-hydrogen) atoms. The number of hydrogen-bond acceptors (Lipinski definition) is 8. The number of benzene rings is 1. The van der Waals surface area contributed by atoms with Gasteiger partial charge in [-0.15, -0.1) is 0 Å². The van der Waals surface area contributed by atoms with E-state index in [9.17, 15) is 18.8 Å². The molecule has 4 aromatic rings. The van der Waals surface area contributed by atoms with Crippen molar-refractivity contribution >= 4 is 27.5 Å². The van der Waals surface area contributed by atoms with Crippen LogP contribution in [0.15, 0.2) is 46.2 Å². The van der Waals surface area contributed by atoms with E-state index >= 15 is 0 Å². The summed E-state index contributed by atoms with van der Waals surface area (Å²) in [5, 5.41) is 7.97. The van der Waals surface area contributed by atoms with E-state index in [4.69, 9.17) is 14.2 Å². The topological polar surface area (TPSA) is 119 Å². The fourth-order valence-corrected chi connectivity index (χ4v) is 6.11. The molecule has 0 unspecified atom stereocenters. The molecule has 206 valence electrons. The highest BCUT2D eigenvalue weighted by molar-refractivity contribution is 7.21. The Labute approximate surface area is 226 Å². The second-order valence-corrected chi connectivity index (χ2v) is 10.0. The summed E-state index contributed by atoms with van der Waals surface area (Å²) >= 11 is 1.23. The van der Waals surface area contributed by atoms with Crippen molar-refractivity contribution in [2.45, 2.75) is 32.0 Å². The number of nitrogens with zero attached hydrogens (tertiary/aromatic N) is 4. The Bertz CT molecular complexity index is 1630. The van der Waals surface area contributed by atoms with Crippen molar-refractivity contribution < 1.29 is 23.4 Å². The molecule has 3 aromatic heterocycles. The molecule has 0 aliphatic carbocycles. The minimum atomic E-state index is -0.940. The number of carbonyl (C=O) groups excluding carboxylic acids is 1. The Morgan fingerprint density at radius 3 is 2.72 bits per heavy atom. The van der Waals surface area contributed by atoms with Gasteiger partial charge in [-0.2, -0.15) is 5.10 Å². The molecule has 1 aromatic carbocycles. The number of methoxy groups -OCH3 is 2. The molecular weight excluding hydrogens is 529 g/mol. The van der Waals surface area contributed by atoms with E-state index in [-0.39, 0.29) is 25.7 Å².